The third kappa shape index (κ3) is 2.73. The van der Waals surface area contributed by atoms with Gasteiger partial charge in [0, 0.05) is 12.1 Å². The molecule has 0 spiro atoms. The number of hydrogen-bond acceptors (Lipinski definition) is 3. The first-order valence-electron chi connectivity index (χ1n) is 5.81. The summed E-state index contributed by atoms with van der Waals surface area (Å²) in [5.74, 6) is 0.671. The highest BCUT2D eigenvalue weighted by Gasteiger charge is 2.20. The van der Waals surface area contributed by atoms with Crippen LogP contribution in [0.3, 0.4) is 0 Å². The Labute approximate surface area is 110 Å². The van der Waals surface area contributed by atoms with E-state index in [1.54, 1.807) is 38.4 Å². The number of benzene rings is 1. The third-order valence-electron chi connectivity index (χ3n) is 2.78. The fourth-order valence-corrected chi connectivity index (χ4v) is 1.88. The molecule has 4 nitrogen and oxygen atoms in total. The maximum atomic E-state index is 13.2. The van der Waals surface area contributed by atoms with E-state index in [1.807, 2.05) is 0 Å². The molecule has 0 amide bonds. The zero-order valence-electron chi connectivity index (χ0n) is 10.7. The Hall–Kier alpha value is -1.95. The van der Waals surface area contributed by atoms with Crippen LogP contribution in [0.15, 0.2) is 30.5 Å². The van der Waals surface area contributed by atoms with Crippen LogP contribution >= 0.6 is 0 Å². The number of aromatic nitrogens is 2. The summed E-state index contributed by atoms with van der Waals surface area (Å²) in [6.07, 6.45) is -1.12. The Balaban J connectivity index is 2.42. The average molecular weight is 267 g/mol. The van der Waals surface area contributed by atoms with Gasteiger partial charge in [-0.2, -0.15) is 5.10 Å². The van der Waals surface area contributed by atoms with Crippen LogP contribution in [0.25, 0.3) is 5.69 Å². The summed E-state index contributed by atoms with van der Waals surface area (Å²) in [4.78, 5) is 0. The minimum Gasteiger partial charge on any atom is -0.497 e. The molecule has 0 aliphatic rings. The molecule has 0 saturated carbocycles. The number of hydrogen-bond donors (Lipinski definition) is 1. The molecule has 2 rings (SSSR count). The molecule has 1 N–H and O–H groups in total. The molecule has 2 aromatic rings. The van der Waals surface area contributed by atoms with Crippen molar-refractivity contribution in [2.45, 2.75) is 13.0 Å². The standard InChI is InChI=1S/C13H15F2N3O/c1-16-7-9-8-17-18(12(9)13(14)15)10-3-5-11(19-2)6-4-10/h3-6,8,13,16H,7H2,1-2H3. The van der Waals surface area contributed by atoms with Gasteiger partial charge in [-0.15, -0.1) is 0 Å². The molecule has 0 fully saturated rings. The average Bonchev–Trinajstić information content (AvgIpc) is 2.83. The smallest absolute Gasteiger partial charge is 0.280 e. The molecule has 0 atom stereocenters. The summed E-state index contributed by atoms with van der Waals surface area (Å²) in [7, 11) is 3.26. The van der Waals surface area contributed by atoms with E-state index in [4.69, 9.17) is 4.74 Å². The number of rotatable bonds is 5. The van der Waals surface area contributed by atoms with Gasteiger partial charge in [0.05, 0.1) is 19.0 Å². The number of nitrogens with zero attached hydrogens (tertiary/aromatic N) is 2. The van der Waals surface area contributed by atoms with Crippen LogP contribution in [0, 0.1) is 0 Å². The summed E-state index contributed by atoms with van der Waals surface area (Å²) in [5, 5.41) is 6.89. The minimum atomic E-state index is -2.58. The van der Waals surface area contributed by atoms with Gasteiger partial charge in [-0.3, -0.25) is 0 Å². The van der Waals surface area contributed by atoms with Crippen molar-refractivity contribution in [2.24, 2.45) is 0 Å². The highest BCUT2D eigenvalue weighted by atomic mass is 19.3. The van der Waals surface area contributed by atoms with Gasteiger partial charge in [-0.25, -0.2) is 13.5 Å². The first kappa shape index (κ1) is 13.5. The van der Waals surface area contributed by atoms with Gasteiger partial charge in [-0.05, 0) is 31.3 Å². The van der Waals surface area contributed by atoms with Crippen molar-refractivity contribution < 1.29 is 13.5 Å². The summed E-state index contributed by atoms with van der Waals surface area (Å²) < 4.78 is 32.6. The van der Waals surface area contributed by atoms with Crippen LogP contribution in [-0.2, 0) is 6.54 Å². The Morgan fingerprint density at radius 3 is 2.53 bits per heavy atom. The van der Waals surface area contributed by atoms with Gasteiger partial charge < -0.3 is 10.1 Å². The predicted octanol–water partition coefficient (Wildman–Crippen LogP) is 2.54. The topological polar surface area (TPSA) is 39.1 Å². The summed E-state index contributed by atoms with van der Waals surface area (Å²) in [6.45, 7) is 0.357. The van der Waals surface area contributed by atoms with E-state index in [-0.39, 0.29) is 5.69 Å². The van der Waals surface area contributed by atoms with Gasteiger partial charge in [0.1, 0.15) is 11.4 Å². The summed E-state index contributed by atoms with van der Waals surface area (Å²) in [5.41, 5.74) is 0.992. The maximum Gasteiger partial charge on any atom is 0.280 e. The zero-order valence-corrected chi connectivity index (χ0v) is 10.7. The van der Waals surface area contributed by atoms with E-state index >= 15 is 0 Å². The molecule has 0 radical (unpaired) electrons. The molecule has 0 aliphatic carbocycles. The monoisotopic (exact) mass is 267 g/mol. The lowest BCUT2D eigenvalue weighted by Gasteiger charge is -2.09. The van der Waals surface area contributed by atoms with Crippen LogP contribution in [-0.4, -0.2) is 23.9 Å². The second kappa shape index (κ2) is 5.79. The first-order chi connectivity index (χ1) is 9.17. The van der Waals surface area contributed by atoms with E-state index in [1.165, 1.54) is 10.9 Å². The van der Waals surface area contributed by atoms with Gasteiger partial charge in [0.25, 0.3) is 6.43 Å². The van der Waals surface area contributed by atoms with Gasteiger partial charge in [-0.1, -0.05) is 0 Å². The van der Waals surface area contributed by atoms with Crippen molar-refractivity contribution in [1.29, 1.82) is 0 Å². The van der Waals surface area contributed by atoms with Gasteiger partial charge in [0.15, 0.2) is 0 Å². The number of ether oxygens (including phenoxy) is 1. The highest BCUT2D eigenvalue weighted by molar-refractivity contribution is 5.39. The first-order valence-corrected chi connectivity index (χ1v) is 5.81. The summed E-state index contributed by atoms with van der Waals surface area (Å²) in [6, 6.07) is 6.82. The molecular weight excluding hydrogens is 252 g/mol. The molecule has 0 aliphatic heterocycles. The SMILES string of the molecule is CNCc1cnn(-c2ccc(OC)cc2)c1C(F)F. The molecule has 0 bridgehead atoms. The molecule has 6 heteroatoms. The van der Waals surface area contributed by atoms with Crippen LogP contribution < -0.4 is 10.1 Å². The molecule has 1 heterocycles. The van der Waals surface area contributed by atoms with Crippen molar-refractivity contribution in [2.75, 3.05) is 14.2 Å². The van der Waals surface area contributed by atoms with Crippen LogP contribution in [0.4, 0.5) is 8.78 Å². The van der Waals surface area contributed by atoms with Crippen molar-refractivity contribution in [3.05, 3.63) is 41.7 Å². The minimum absolute atomic E-state index is 0.0838. The molecule has 1 aromatic carbocycles. The predicted molar refractivity (Wildman–Crippen MR) is 67.8 cm³/mol. The number of halogens is 2. The Morgan fingerprint density at radius 1 is 1.32 bits per heavy atom. The zero-order chi connectivity index (χ0) is 13.8. The quantitative estimate of drug-likeness (QED) is 0.904. The second-order valence-electron chi connectivity index (χ2n) is 4.00. The van der Waals surface area contributed by atoms with Crippen LogP contribution in [0.5, 0.6) is 5.75 Å². The number of alkyl halides is 2. The Bertz CT molecular complexity index is 537. The fourth-order valence-electron chi connectivity index (χ4n) is 1.88. The normalized spacial score (nSPS) is 11.0. The van der Waals surface area contributed by atoms with Crippen LogP contribution in [0.1, 0.15) is 17.7 Å². The maximum absolute atomic E-state index is 13.2. The van der Waals surface area contributed by atoms with Crippen LogP contribution in [0.2, 0.25) is 0 Å². The van der Waals surface area contributed by atoms with E-state index in [9.17, 15) is 8.78 Å². The lowest BCUT2D eigenvalue weighted by Crippen LogP contribution is -2.09. The molecule has 19 heavy (non-hydrogen) atoms. The van der Waals surface area contributed by atoms with Gasteiger partial charge in [0.2, 0.25) is 0 Å². The van der Waals surface area contributed by atoms with Crippen molar-refractivity contribution >= 4 is 0 Å². The number of nitrogens with one attached hydrogen (secondary N) is 1. The molecule has 1 aromatic heterocycles. The van der Waals surface area contributed by atoms with Crippen molar-refractivity contribution in [3.63, 3.8) is 0 Å². The molecule has 0 unspecified atom stereocenters. The van der Waals surface area contributed by atoms with Gasteiger partial charge >= 0.3 is 0 Å². The molecule has 0 saturated heterocycles. The highest BCUT2D eigenvalue weighted by Crippen LogP contribution is 2.26. The van der Waals surface area contributed by atoms with E-state index in [2.05, 4.69) is 10.4 Å². The van der Waals surface area contributed by atoms with E-state index in [0.717, 1.165) is 0 Å². The number of methoxy groups -OCH3 is 1. The van der Waals surface area contributed by atoms with E-state index < -0.39 is 6.43 Å². The lowest BCUT2D eigenvalue weighted by molar-refractivity contribution is 0.141. The van der Waals surface area contributed by atoms with E-state index in [0.29, 0.717) is 23.5 Å². The van der Waals surface area contributed by atoms with Crippen molar-refractivity contribution in [3.8, 4) is 11.4 Å². The Kier molecular flexibility index (Phi) is 4.11. The molecule has 102 valence electrons. The second-order valence-corrected chi connectivity index (χ2v) is 4.00. The summed E-state index contributed by atoms with van der Waals surface area (Å²) >= 11 is 0. The third-order valence-corrected chi connectivity index (χ3v) is 2.78. The molecular formula is C13H15F2N3O. The van der Waals surface area contributed by atoms with Crippen molar-refractivity contribution in [1.82, 2.24) is 15.1 Å². The Morgan fingerprint density at radius 2 is 2.00 bits per heavy atom. The fraction of sp³-hybridized carbons (Fsp3) is 0.308. The lowest BCUT2D eigenvalue weighted by atomic mass is 10.2. The largest absolute Gasteiger partial charge is 0.497 e.